The van der Waals surface area contributed by atoms with Crippen LogP contribution in [0.2, 0.25) is 0 Å². The third-order valence-corrected chi connectivity index (χ3v) is 5.52. The summed E-state index contributed by atoms with van der Waals surface area (Å²) in [6.07, 6.45) is 0. The molecule has 1 saturated heterocycles. The molecular formula is C19H22ClN5O2S. The Balaban J connectivity index is 0.00000225. The van der Waals surface area contributed by atoms with E-state index in [-0.39, 0.29) is 24.4 Å². The van der Waals surface area contributed by atoms with Gasteiger partial charge in [0.15, 0.2) is 5.82 Å². The monoisotopic (exact) mass is 419 g/mol. The average molecular weight is 420 g/mol. The number of hydrogen-bond donors (Lipinski definition) is 2. The predicted octanol–water partition coefficient (Wildman–Crippen LogP) is 2.73. The molecule has 28 heavy (non-hydrogen) atoms. The van der Waals surface area contributed by atoms with Crippen LogP contribution in [0.1, 0.15) is 27.1 Å². The Morgan fingerprint density at radius 2 is 2.18 bits per heavy atom. The zero-order valence-corrected chi connectivity index (χ0v) is 17.1. The third kappa shape index (κ3) is 4.59. The molecular weight excluding hydrogens is 398 g/mol. The second-order valence-electron chi connectivity index (χ2n) is 6.52. The zero-order valence-electron chi connectivity index (χ0n) is 15.4. The van der Waals surface area contributed by atoms with Crippen molar-refractivity contribution in [2.75, 3.05) is 26.7 Å². The van der Waals surface area contributed by atoms with E-state index in [1.807, 2.05) is 41.8 Å². The van der Waals surface area contributed by atoms with Gasteiger partial charge in [-0.2, -0.15) is 4.98 Å². The highest BCUT2D eigenvalue weighted by Crippen LogP contribution is 2.23. The van der Waals surface area contributed by atoms with Crippen molar-refractivity contribution >= 4 is 29.7 Å². The molecule has 7 nitrogen and oxygen atoms in total. The van der Waals surface area contributed by atoms with Crippen LogP contribution in [0.25, 0.3) is 11.5 Å². The number of likely N-dealkylation sites (N-methyl/N-ethyl adjacent to an activating group) is 1. The standard InChI is InChI=1S/C19H21N5O2S.ClH/c1-24-9-8-20-12-15(24)17-22-19(26-23-17)14-6-4-13(5-7-14)11-21-18(25)16-3-2-10-27-16;/h2-7,10,15,20H,8-9,11-12H2,1H3,(H,21,25);1H. The molecule has 4 rings (SSSR count). The van der Waals surface area contributed by atoms with Crippen molar-refractivity contribution < 1.29 is 9.32 Å². The average Bonchev–Trinajstić information content (AvgIpc) is 3.39. The molecule has 148 valence electrons. The maximum atomic E-state index is 12.0. The van der Waals surface area contributed by atoms with Gasteiger partial charge < -0.3 is 15.2 Å². The van der Waals surface area contributed by atoms with Crippen molar-refractivity contribution in [1.82, 2.24) is 25.7 Å². The lowest BCUT2D eigenvalue weighted by atomic mass is 10.1. The molecule has 0 radical (unpaired) electrons. The quantitative estimate of drug-likeness (QED) is 0.661. The Bertz CT molecular complexity index is 897. The highest BCUT2D eigenvalue weighted by molar-refractivity contribution is 7.12. The molecule has 0 aliphatic carbocycles. The second-order valence-corrected chi connectivity index (χ2v) is 7.46. The first-order chi connectivity index (χ1) is 13.2. The van der Waals surface area contributed by atoms with Crippen molar-refractivity contribution in [3.05, 3.63) is 58.0 Å². The van der Waals surface area contributed by atoms with E-state index in [9.17, 15) is 4.79 Å². The normalized spacial score (nSPS) is 17.1. The summed E-state index contributed by atoms with van der Waals surface area (Å²) in [4.78, 5) is 19.5. The van der Waals surface area contributed by atoms with Gasteiger partial charge in [-0.05, 0) is 36.2 Å². The van der Waals surface area contributed by atoms with Gasteiger partial charge >= 0.3 is 0 Å². The number of benzene rings is 1. The summed E-state index contributed by atoms with van der Waals surface area (Å²) in [5, 5.41) is 12.3. The molecule has 1 amide bonds. The molecule has 2 aromatic heterocycles. The van der Waals surface area contributed by atoms with Crippen LogP contribution in [0, 0.1) is 0 Å². The van der Waals surface area contributed by atoms with E-state index >= 15 is 0 Å². The summed E-state index contributed by atoms with van der Waals surface area (Å²) in [5.74, 6) is 1.16. The number of aromatic nitrogens is 2. The number of nitrogens with one attached hydrogen (secondary N) is 2. The summed E-state index contributed by atoms with van der Waals surface area (Å²) in [5.41, 5.74) is 1.88. The van der Waals surface area contributed by atoms with Crippen molar-refractivity contribution in [2.24, 2.45) is 0 Å². The summed E-state index contributed by atoms with van der Waals surface area (Å²) >= 11 is 1.43. The van der Waals surface area contributed by atoms with Gasteiger partial charge in [-0.25, -0.2) is 0 Å². The number of thiophene rings is 1. The number of hydrogen-bond acceptors (Lipinski definition) is 7. The first-order valence-corrected chi connectivity index (χ1v) is 9.74. The Hall–Kier alpha value is -2.26. The fraction of sp³-hybridized carbons (Fsp3) is 0.316. The van der Waals surface area contributed by atoms with E-state index in [0.29, 0.717) is 23.1 Å². The lowest BCUT2D eigenvalue weighted by Crippen LogP contribution is -2.44. The summed E-state index contributed by atoms with van der Waals surface area (Å²) in [7, 11) is 2.07. The number of carbonyl (C=O) groups is 1. The molecule has 3 aromatic rings. The molecule has 1 fully saturated rings. The molecule has 3 heterocycles. The van der Waals surface area contributed by atoms with E-state index in [2.05, 4.69) is 32.7 Å². The van der Waals surface area contributed by atoms with Crippen LogP contribution >= 0.6 is 23.7 Å². The van der Waals surface area contributed by atoms with Crippen molar-refractivity contribution in [1.29, 1.82) is 0 Å². The summed E-state index contributed by atoms with van der Waals surface area (Å²) in [6.45, 7) is 3.23. The SMILES string of the molecule is CN1CCNCC1c1noc(-c2ccc(CNC(=O)c3cccs3)cc2)n1.Cl. The largest absolute Gasteiger partial charge is 0.347 e. The van der Waals surface area contributed by atoms with Crippen LogP contribution in [-0.4, -0.2) is 47.6 Å². The molecule has 1 aliphatic heterocycles. The molecule has 1 aliphatic rings. The number of piperazine rings is 1. The number of carbonyl (C=O) groups excluding carboxylic acids is 1. The van der Waals surface area contributed by atoms with Gasteiger partial charge in [0.25, 0.3) is 11.8 Å². The van der Waals surface area contributed by atoms with Crippen LogP contribution in [0.4, 0.5) is 0 Å². The first-order valence-electron chi connectivity index (χ1n) is 8.86. The van der Waals surface area contributed by atoms with Crippen LogP contribution in [0.15, 0.2) is 46.3 Å². The predicted molar refractivity (Wildman–Crippen MR) is 111 cm³/mol. The van der Waals surface area contributed by atoms with Gasteiger partial charge in [-0.15, -0.1) is 23.7 Å². The van der Waals surface area contributed by atoms with Crippen LogP contribution < -0.4 is 10.6 Å². The van der Waals surface area contributed by atoms with Crippen molar-refractivity contribution in [3.8, 4) is 11.5 Å². The second kappa shape index (κ2) is 9.29. The molecule has 0 bridgehead atoms. The number of amides is 1. The highest BCUT2D eigenvalue weighted by Gasteiger charge is 2.25. The van der Waals surface area contributed by atoms with Crippen molar-refractivity contribution in [3.63, 3.8) is 0 Å². The molecule has 0 saturated carbocycles. The maximum Gasteiger partial charge on any atom is 0.261 e. The van der Waals surface area contributed by atoms with E-state index in [1.165, 1.54) is 11.3 Å². The Morgan fingerprint density at radius 1 is 1.36 bits per heavy atom. The van der Waals surface area contributed by atoms with Crippen LogP contribution in [-0.2, 0) is 6.54 Å². The summed E-state index contributed by atoms with van der Waals surface area (Å²) < 4.78 is 5.46. The molecule has 1 atom stereocenters. The van der Waals surface area contributed by atoms with Gasteiger partial charge in [-0.1, -0.05) is 23.4 Å². The number of rotatable bonds is 5. The van der Waals surface area contributed by atoms with Gasteiger partial charge in [0.05, 0.1) is 10.9 Å². The molecule has 2 N–H and O–H groups in total. The van der Waals surface area contributed by atoms with Gasteiger partial charge in [0, 0.05) is 31.7 Å². The van der Waals surface area contributed by atoms with Crippen LogP contribution in [0.5, 0.6) is 0 Å². The zero-order chi connectivity index (χ0) is 18.6. The van der Waals surface area contributed by atoms with E-state index in [1.54, 1.807) is 0 Å². The number of nitrogens with zero attached hydrogens (tertiary/aromatic N) is 3. The minimum Gasteiger partial charge on any atom is -0.347 e. The summed E-state index contributed by atoms with van der Waals surface area (Å²) in [6, 6.07) is 11.6. The van der Waals surface area contributed by atoms with Gasteiger partial charge in [0.2, 0.25) is 0 Å². The maximum absolute atomic E-state index is 12.0. The fourth-order valence-electron chi connectivity index (χ4n) is 3.02. The van der Waals surface area contributed by atoms with Crippen molar-refractivity contribution in [2.45, 2.75) is 12.6 Å². The molecule has 1 unspecified atom stereocenters. The third-order valence-electron chi connectivity index (χ3n) is 4.65. The van der Waals surface area contributed by atoms with E-state index in [0.717, 1.165) is 30.8 Å². The minimum atomic E-state index is -0.0548. The first kappa shape index (κ1) is 20.5. The smallest absolute Gasteiger partial charge is 0.261 e. The molecule has 0 spiro atoms. The van der Waals surface area contributed by atoms with E-state index in [4.69, 9.17) is 4.52 Å². The lowest BCUT2D eigenvalue weighted by Gasteiger charge is -2.30. The number of halogens is 1. The fourth-order valence-corrected chi connectivity index (χ4v) is 3.66. The van der Waals surface area contributed by atoms with Gasteiger partial charge in [0.1, 0.15) is 0 Å². The van der Waals surface area contributed by atoms with Gasteiger partial charge in [-0.3, -0.25) is 9.69 Å². The Morgan fingerprint density at radius 3 is 2.89 bits per heavy atom. The Kier molecular flexibility index (Phi) is 6.79. The highest BCUT2D eigenvalue weighted by atomic mass is 35.5. The van der Waals surface area contributed by atoms with E-state index < -0.39 is 0 Å². The lowest BCUT2D eigenvalue weighted by molar-refractivity contribution is 0.0955. The topological polar surface area (TPSA) is 83.3 Å². The minimum absolute atomic E-state index is 0. The van der Waals surface area contributed by atoms with Crippen LogP contribution in [0.3, 0.4) is 0 Å². The molecule has 1 aromatic carbocycles. The Labute approximate surface area is 173 Å². The molecule has 9 heteroatoms.